The Morgan fingerprint density at radius 1 is 1.22 bits per heavy atom. The number of aromatic carboxylic acids is 1. The summed E-state index contributed by atoms with van der Waals surface area (Å²) in [6.45, 7) is 0. The number of para-hydroxylation sites is 1. The number of nitrogens with zero attached hydrogens (tertiary/aromatic N) is 1. The molecule has 92 valence electrons. The Bertz CT molecular complexity index is 718. The molecule has 6 nitrogen and oxygen atoms in total. The fourth-order valence-electron chi connectivity index (χ4n) is 1.53. The van der Waals surface area contributed by atoms with Crippen LogP contribution in [0.5, 0.6) is 0 Å². The molecule has 0 spiro atoms. The summed E-state index contributed by atoms with van der Waals surface area (Å²) < 4.78 is 0.839. The van der Waals surface area contributed by atoms with Gasteiger partial charge in [-0.05, 0) is 12.1 Å². The Labute approximate surface area is 105 Å². The van der Waals surface area contributed by atoms with E-state index in [4.69, 9.17) is 16.7 Å². The standard InChI is InChI=1S/C11H7ClN2O4/c12-7-8(10(16)17)14(11(18)13-9(7)15)6-4-2-1-3-5-6/h1-5H,(H,16,17)(H,13,15,18). The van der Waals surface area contributed by atoms with Gasteiger partial charge in [0.05, 0.1) is 5.69 Å². The van der Waals surface area contributed by atoms with Gasteiger partial charge in [-0.25, -0.2) is 9.59 Å². The van der Waals surface area contributed by atoms with Gasteiger partial charge in [0, 0.05) is 0 Å². The summed E-state index contributed by atoms with van der Waals surface area (Å²) >= 11 is 5.63. The second-order valence-electron chi connectivity index (χ2n) is 3.40. The molecule has 7 heteroatoms. The van der Waals surface area contributed by atoms with Crippen LogP contribution in [0.25, 0.3) is 5.69 Å². The summed E-state index contributed by atoms with van der Waals surface area (Å²) in [5.41, 5.74) is -2.03. The molecule has 0 bridgehead atoms. The lowest BCUT2D eigenvalue weighted by atomic mass is 10.3. The van der Waals surface area contributed by atoms with Crippen molar-refractivity contribution in [1.29, 1.82) is 0 Å². The fourth-order valence-corrected chi connectivity index (χ4v) is 1.74. The lowest BCUT2D eigenvalue weighted by Crippen LogP contribution is -2.34. The number of H-pyrrole nitrogens is 1. The van der Waals surface area contributed by atoms with E-state index < -0.39 is 27.9 Å². The van der Waals surface area contributed by atoms with Gasteiger partial charge in [0.1, 0.15) is 5.02 Å². The summed E-state index contributed by atoms with van der Waals surface area (Å²) in [4.78, 5) is 36.1. The Morgan fingerprint density at radius 2 is 1.83 bits per heavy atom. The van der Waals surface area contributed by atoms with E-state index in [9.17, 15) is 14.4 Å². The molecule has 0 aliphatic rings. The molecule has 1 aromatic heterocycles. The minimum atomic E-state index is -1.45. The van der Waals surface area contributed by atoms with Crippen molar-refractivity contribution >= 4 is 17.6 Å². The highest BCUT2D eigenvalue weighted by molar-refractivity contribution is 6.33. The Morgan fingerprint density at radius 3 is 2.39 bits per heavy atom. The van der Waals surface area contributed by atoms with E-state index in [0.29, 0.717) is 5.69 Å². The number of carbonyl (C=O) groups is 1. The predicted molar refractivity (Wildman–Crippen MR) is 64.6 cm³/mol. The van der Waals surface area contributed by atoms with Gasteiger partial charge in [-0.2, -0.15) is 0 Å². The van der Waals surface area contributed by atoms with Gasteiger partial charge in [0.15, 0.2) is 5.69 Å². The third kappa shape index (κ3) is 1.93. The molecular formula is C11H7ClN2O4. The number of rotatable bonds is 2. The van der Waals surface area contributed by atoms with E-state index in [2.05, 4.69) is 0 Å². The largest absolute Gasteiger partial charge is 0.477 e. The van der Waals surface area contributed by atoms with E-state index in [0.717, 1.165) is 4.57 Å². The van der Waals surface area contributed by atoms with Crippen molar-refractivity contribution in [3.8, 4) is 5.69 Å². The SMILES string of the molecule is O=C(O)c1c(Cl)c(=O)[nH]c(=O)n1-c1ccccc1. The highest BCUT2D eigenvalue weighted by Crippen LogP contribution is 2.13. The first kappa shape index (κ1) is 12.1. The molecule has 0 aliphatic heterocycles. The van der Waals surface area contributed by atoms with E-state index in [1.807, 2.05) is 4.98 Å². The van der Waals surface area contributed by atoms with Crippen LogP contribution in [0.4, 0.5) is 0 Å². The van der Waals surface area contributed by atoms with Crippen molar-refractivity contribution in [2.24, 2.45) is 0 Å². The maximum Gasteiger partial charge on any atom is 0.354 e. The maximum absolute atomic E-state index is 11.7. The topological polar surface area (TPSA) is 92.2 Å². The molecule has 1 heterocycles. The van der Waals surface area contributed by atoms with Crippen LogP contribution < -0.4 is 11.2 Å². The summed E-state index contributed by atoms with van der Waals surface area (Å²) in [6.07, 6.45) is 0. The second-order valence-corrected chi connectivity index (χ2v) is 3.78. The molecule has 0 radical (unpaired) electrons. The third-order valence-corrected chi connectivity index (χ3v) is 2.62. The Balaban J connectivity index is 2.91. The van der Waals surface area contributed by atoms with Crippen LogP contribution in [0.3, 0.4) is 0 Å². The maximum atomic E-state index is 11.7. The van der Waals surface area contributed by atoms with Crippen molar-refractivity contribution in [3.63, 3.8) is 0 Å². The average Bonchev–Trinajstić information content (AvgIpc) is 2.34. The third-order valence-electron chi connectivity index (χ3n) is 2.27. The Hall–Kier alpha value is -2.34. The zero-order valence-electron chi connectivity index (χ0n) is 8.88. The predicted octanol–water partition coefficient (Wildman–Crippen LogP) is 0.877. The van der Waals surface area contributed by atoms with Crippen LogP contribution in [0.2, 0.25) is 5.02 Å². The number of halogens is 1. The van der Waals surface area contributed by atoms with Gasteiger partial charge in [0.2, 0.25) is 0 Å². The number of aromatic amines is 1. The number of hydrogen-bond donors (Lipinski definition) is 2. The molecule has 2 rings (SSSR count). The molecule has 1 aromatic carbocycles. The fraction of sp³-hybridized carbons (Fsp3) is 0. The van der Waals surface area contributed by atoms with Crippen LogP contribution >= 0.6 is 11.6 Å². The van der Waals surface area contributed by atoms with Gasteiger partial charge in [-0.3, -0.25) is 14.3 Å². The van der Waals surface area contributed by atoms with Crippen molar-refractivity contribution in [1.82, 2.24) is 9.55 Å². The molecule has 0 fully saturated rings. The monoisotopic (exact) mass is 266 g/mol. The molecule has 0 saturated heterocycles. The number of carboxylic acids is 1. The first-order chi connectivity index (χ1) is 8.52. The average molecular weight is 267 g/mol. The lowest BCUT2D eigenvalue weighted by Gasteiger charge is -2.09. The van der Waals surface area contributed by atoms with Crippen molar-refractivity contribution in [3.05, 3.63) is 61.9 Å². The van der Waals surface area contributed by atoms with Gasteiger partial charge in [-0.1, -0.05) is 29.8 Å². The van der Waals surface area contributed by atoms with E-state index in [1.165, 1.54) is 12.1 Å². The van der Waals surface area contributed by atoms with Crippen molar-refractivity contribution in [2.75, 3.05) is 0 Å². The molecule has 0 saturated carbocycles. The normalized spacial score (nSPS) is 10.3. The number of nitrogens with one attached hydrogen (secondary N) is 1. The van der Waals surface area contributed by atoms with Gasteiger partial charge in [0.25, 0.3) is 5.56 Å². The number of carboxylic acid groups (broad SMARTS) is 1. The molecule has 0 amide bonds. The summed E-state index contributed by atoms with van der Waals surface area (Å²) in [5, 5.41) is 8.52. The first-order valence-electron chi connectivity index (χ1n) is 4.86. The van der Waals surface area contributed by atoms with Crippen molar-refractivity contribution in [2.45, 2.75) is 0 Å². The van der Waals surface area contributed by atoms with E-state index in [-0.39, 0.29) is 0 Å². The molecule has 18 heavy (non-hydrogen) atoms. The molecule has 2 N–H and O–H groups in total. The zero-order chi connectivity index (χ0) is 13.3. The van der Waals surface area contributed by atoms with Crippen LogP contribution in [0.15, 0.2) is 39.9 Å². The first-order valence-corrected chi connectivity index (χ1v) is 5.23. The molecule has 0 aliphatic carbocycles. The van der Waals surface area contributed by atoms with Crippen LogP contribution in [-0.4, -0.2) is 20.6 Å². The van der Waals surface area contributed by atoms with E-state index >= 15 is 0 Å². The Kier molecular flexibility index (Phi) is 3.03. The van der Waals surface area contributed by atoms with Crippen molar-refractivity contribution < 1.29 is 9.90 Å². The highest BCUT2D eigenvalue weighted by Gasteiger charge is 2.20. The minimum absolute atomic E-state index is 0.304. The van der Waals surface area contributed by atoms with Gasteiger partial charge >= 0.3 is 11.7 Å². The van der Waals surface area contributed by atoms with Crippen LogP contribution in [0, 0.1) is 0 Å². The van der Waals surface area contributed by atoms with Crippen LogP contribution in [-0.2, 0) is 0 Å². The molecule has 2 aromatic rings. The van der Waals surface area contributed by atoms with Gasteiger partial charge < -0.3 is 5.11 Å². The summed E-state index contributed by atoms with van der Waals surface area (Å²) in [5.74, 6) is -1.45. The second kappa shape index (κ2) is 4.50. The number of aromatic nitrogens is 2. The van der Waals surface area contributed by atoms with Gasteiger partial charge in [-0.15, -0.1) is 0 Å². The smallest absolute Gasteiger partial charge is 0.354 e. The minimum Gasteiger partial charge on any atom is -0.477 e. The van der Waals surface area contributed by atoms with Crippen LogP contribution in [0.1, 0.15) is 10.5 Å². The number of hydrogen-bond acceptors (Lipinski definition) is 3. The quantitative estimate of drug-likeness (QED) is 0.844. The molecule has 0 atom stereocenters. The number of benzene rings is 1. The summed E-state index contributed by atoms with van der Waals surface area (Å²) in [6, 6.07) is 8.03. The molecular weight excluding hydrogens is 260 g/mol. The summed E-state index contributed by atoms with van der Waals surface area (Å²) in [7, 11) is 0. The highest BCUT2D eigenvalue weighted by atomic mass is 35.5. The zero-order valence-corrected chi connectivity index (χ0v) is 9.64. The lowest BCUT2D eigenvalue weighted by molar-refractivity contribution is 0.0686. The molecule has 0 unspecified atom stereocenters. The van der Waals surface area contributed by atoms with E-state index in [1.54, 1.807) is 18.2 Å².